The summed E-state index contributed by atoms with van der Waals surface area (Å²) in [6, 6.07) is 2.13. The van der Waals surface area contributed by atoms with Gasteiger partial charge in [-0.15, -0.1) is 0 Å². The SMILES string of the molecule is Cc1nc(N2CCCC(CNC(C)C)C2)cc(=O)[nH]1. The number of aryl methyl sites for hydroxylation is 1. The zero-order valence-corrected chi connectivity index (χ0v) is 12.1. The van der Waals surface area contributed by atoms with Crippen molar-refractivity contribution in [3.63, 3.8) is 0 Å². The zero-order valence-electron chi connectivity index (χ0n) is 12.1. The fraction of sp³-hybridized carbons (Fsp3) is 0.714. The van der Waals surface area contributed by atoms with E-state index in [2.05, 4.69) is 34.0 Å². The van der Waals surface area contributed by atoms with Crippen LogP contribution in [0.3, 0.4) is 0 Å². The third kappa shape index (κ3) is 4.06. The Bertz CT molecular complexity index is 469. The molecule has 1 aliphatic rings. The van der Waals surface area contributed by atoms with E-state index in [9.17, 15) is 4.79 Å². The highest BCUT2D eigenvalue weighted by atomic mass is 16.1. The Labute approximate surface area is 114 Å². The molecule has 0 saturated carbocycles. The summed E-state index contributed by atoms with van der Waals surface area (Å²) in [5, 5.41) is 3.49. The lowest BCUT2D eigenvalue weighted by molar-refractivity contribution is 0.378. The van der Waals surface area contributed by atoms with E-state index in [0.29, 0.717) is 17.8 Å². The van der Waals surface area contributed by atoms with Crippen LogP contribution in [-0.2, 0) is 0 Å². The van der Waals surface area contributed by atoms with Crippen LogP contribution in [0, 0.1) is 12.8 Å². The Balaban J connectivity index is 2.02. The first-order chi connectivity index (χ1) is 9.04. The van der Waals surface area contributed by atoms with Crippen molar-refractivity contribution >= 4 is 5.82 Å². The third-order valence-electron chi connectivity index (χ3n) is 3.50. The quantitative estimate of drug-likeness (QED) is 0.860. The van der Waals surface area contributed by atoms with Gasteiger partial charge in [-0.3, -0.25) is 4.79 Å². The molecule has 5 heteroatoms. The number of rotatable bonds is 4. The maximum absolute atomic E-state index is 11.5. The van der Waals surface area contributed by atoms with Gasteiger partial charge in [-0.25, -0.2) is 4.98 Å². The number of piperidine rings is 1. The molecule has 1 saturated heterocycles. The zero-order chi connectivity index (χ0) is 13.8. The smallest absolute Gasteiger partial charge is 0.252 e. The maximum atomic E-state index is 11.5. The van der Waals surface area contributed by atoms with Crippen molar-refractivity contribution in [2.45, 2.75) is 39.7 Å². The first-order valence-electron chi connectivity index (χ1n) is 7.11. The van der Waals surface area contributed by atoms with E-state index in [1.54, 1.807) is 6.07 Å². The standard InChI is InChI=1S/C14H24N4O/c1-10(2)15-8-12-5-4-6-18(9-12)13-7-14(19)17-11(3)16-13/h7,10,12,15H,4-6,8-9H2,1-3H3,(H,16,17,19). The largest absolute Gasteiger partial charge is 0.356 e. The summed E-state index contributed by atoms with van der Waals surface area (Å²) in [6.07, 6.45) is 2.41. The Morgan fingerprint density at radius 2 is 2.37 bits per heavy atom. The monoisotopic (exact) mass is 264 g/mol. The Hall–Kier alpha value is -1.36. The van der Waals surface area contributed by atoms with E-state index in [1.807, 2.05) is 6.92 Å². The van der Waals surface area contributed by atoms with E-state index >= 15 is 0 Å². The van der Waals surface area contributed by atoms with Gasteiger partial charge in [0, 0.05) is 25.2 Å². The predicted molar refractivity (Wildman–Crippen MR) is 77.7 cm³/mol. The molecular weight excluding hydrogens is 240 g/mol. The van der Waals surface area contributed by atoms with Gasteiger partial charge in [-0.1, -0.05) is 13.8 Å². The van der Waals surface area contributed by atoms with Crippen molar-refractivity contribution < 1.29 is 0 Å². The van der Waals surface area contributed by atoms with Crippen LogP contribution in [0.5, 0.6) is 0 Å². The lowest BCUT2D eigenvalue weighted by Crippen LogP contribution is -2.41. The number of hydrogen-bond donors (Lipinski definition) is 2. The summed E-state index contributed by atoms with van der Waals surface area (Å²) >= 11 is 0. The lowest BCUT2D eigenvalue weighted by Gasteiger charge is -2.34. The Morgan fingerprint density at radius 3 is 3.05 bits per heavy atom. The number of anilines is 1. The van der Waals surface area contributed by atoms with Crippen molar-refractivity contribution in [2.24, 2.45) is 5.92 Å². The molecule has 0 aromatic carbocycles. The summed E-state index contributed by atoms with van der Waals surface area (Å²) in [5.41, 5.74) is -0.0649. The van der Waals surface area contributed by atoms with Gasteiger partial charge in [0.05, 0.1) is 0 Å². The molecule has 2 N–H and O–H groups in total. The number of hydrogen-bond acceptors (Lipinski definition) is 4. The van der Waals surface area contributed by atoms with E-state index in [1.165, 1.54) is 6.42 Å². The Kier molecular flexibility index (Phi) is 4.58. The molecule has 0 amide bonds. The number of aromatic amines is 1. The summed E-state index contributed by atoms with van der Waals surface area (Å²) in [5.74, 6) is 2.14. The molecule has 106 valence electrons. The normalized spacial score (nSPS) is 20.0. The average Bonchev–Trinajstić information content (AvgIpc) is 2.35. The van der Waals surface area contributed by atoms with E-state index in [0.717, 1.165) is 31.9 Å². The van der Waals surface area contributed by atoms with Crippen LogP contribution >= 0.6 is 0 Å². The van der Waals surface area contributed by atoms with Crippen molar-refractivity contribution in [2.75, 3.05) is 24.5 Å². The van der Waals surface area contributed by atoms with Gasteiger partial charge in [0.2, 0.25) is 0 Å². The molecule has 5 nitrogen and oxygen atoms in total. The molecule has 1 fully saturated rings. The summed E-state index contributed by atoms with van der Waals surface area (Å²) in [6.45, 7) is 9.18. The lowest BCUT2D eigenvalue weighted by atomic mass is 9.98. The molecule has 2 rings (SSSR count). The average molecular weight is 264 g/mol. The summed E-state index contributed by atoms with van der Waals surface area (Å²) < 4.78 is 0. The molecule has 19 heavy (non-hydrogen) atoms. The number of aromatic nitrogens is 2. The van der Waals surface area contributed by atoms with Crippen molar-refractivity contribution in [3.8, 4) is 0 Å². The van der Waals surface area contributed by atoms with Crippen LogP contribution in [0.1, 0.15) is 32.5 Å². The van der Waals surface area contributed by atoms with Gasteiger partial charge in [-0.05, 0) is 32.2 Å². The molecule has 0 spiro atoms. The first kappa shape index (κ1) is 14.1. The highest BCUT2D eigenvalue weighted by molar-refractivity contribution is 5.37. The van der Waals surface area contributed by atoms with Crippen LogP contribution in [0.25, 0.3) is 0 Å². The second kappa shape index (κ2) is 6.19. The number of nitrogens with zero attached hydrogens (tertiary/aromatic N) is 2. The highest BCUT2D eigenvalue weighted by Gasteiger charge is 2.21. The minimum Gasteiger partial charge on any atom is -0.356 e. The highest BCUT2D eigenvalue weighted by Crippen LogP contribution is 2.20. The molecule has 1 aromatic heterocycles. The molecule has 1 atom stereocenters. The minimum atomic E-state index is -0.0649. The Morgan fingerprint density at radius 1 is 1.58 bits per heavy atom. The van der Waals surface area contributed by atoms with Crippen LogP contribution in [0.15, 0.2) is 10.9 Å². The van der Waals surface area contributed by atoms with Gasteiger partial charge < -0.3 is 15.2 Å². The fourth-order valence-corrected chi connectivity index (χ4v) is 2.57. The van der Waals surface area contributed by atoms with Gasteiger partial charge in [0.25, 0.3) is 5.56 Å². The minimum absolute atomic E-state index is 0.0649. The van der Waals surface area contributed by atoms with Gasteiger partial charge >= 0.3 is 0 Å². The van der Waals surface area contributed by atoms with Crippen LogP contribution in [-0.4, -0.2) is 35.6 Å². The molecule has 2 heterocycles. The van der Waals surface area contributed by atoms with Crippen LogP contribution < -0.4 is 15.8 Å². The van der Waals surface area contributed by atoms with E-state index < -0.39 is 0 Å². The third-order valence-corrected chi connectivity index (χ3v) is 3.50. The predicted octanol–water partition coefficient (Wildman–Crippen LogP) is 1.29. The molecule has 0 bridgehead atoms. The molecule has 0 aliphatic carbocycles. The molecular formula is C14H24N4O. The van der Waals surface area contributed by atoms with Gasteiger partial charge in [0.1, 0.15) is 11.6 Å². The number of nitrogens with one attached hydrogen (secondary N) is 2. The topological polar surface area (TPSA) is 61.0 Å². The summed E-state index contributed by atoms with van der Waals surface area (Å²) in [4.78, 5) is 20.9. The van der Waals surface area contributed by atoms with Crippen LogP contribution in [0.4, 0.5) is 5.82 Å². The first-order valence-corrected chi connectivity index (χ1v) is 7.11. The van der Waals surface area contributed by atoms with Crippen LogP contribution in [0.2, 0.25) is 0 Å². The van der Waals surface area contributed by atoms with E-state index in [-0.39, 0.29) is 5.56 Å². The second-order valence-corrected chi connectivity index (χ2v) is 5.71. The molecule has 1 aromatic rings. The van der Waals surface area contributed by atoms with Gasteiger partial charge in [-0.2, -0.15) is 0 Å². The molecule has 1 unspecified atom stereocenters. The molecule has 0 radical (unpaired) electrons. The summed E-state index contributed by atoms with van der Waals surface area (Å²) in [7, 11) is 0. The van der Waals surface area contributed by atoms with Gasteiger partial charge in [0.15, 0.2) is 0 Å². The van der Waals surface area contributed by atoms with Crippen molar-refractivity contribution in [1.82, 2.24) is 15.3 Å². The maximum Gasteiger partial charge on any atom is 0.252 e. The number of H-pyrrole nitrogens is 1. The van der Waals surface area contributed by atoms with Crippen molar-refractivity contribution in [1.29, 1.82) is 0 Å². The molecule has 1 aliphatic heterocycles. The fourth-order valence-electron chi connectivity index (χ4n) is 2.57. The van der Waals surface area contributed by atoms with Crippen molar-refractivity contribution in [3.05, 3.63) is 22.2 Å². The van der Waals surface area contributed by atoms with E-state index in [4.69, 9.17) is 0 Å². The second-order valence-electron chi connectivity index (χ2n) is 5.71.